The lowest BCUT2D eigenvalue weighted by Gasteiger charge is -2.19. The third-order valence-electron chi connectivity index (χ3n) is 2.30. The Morgan fingerprint density at radius 3 is 2.76 bits per heavy atom. The number of nitrogens with two attached hydrogens (primary N) is 1. The molecule has 0 saturated carbocycles. The predicted octanol–water partition coefficient (Wildman–Crippen LogP) is 1.22. The second kappa shape index (κ2) is 4.29. The second-order valence-electron chi connectivity index (χ2n) is 4.83. The normalized spacial score (nSPS) is 12.2. The third kappa shape index (κ3) is 2.71. The van der Waals surface area contributed by atoms with E-state index in [-0.39, 0.29) is 5.60 Å². The van der Waals surface area contributed by atoms with Gasteiger partial charge in [-0.25, -0.2) is 15.0 Å². The van der Waals surface area contributed by atoms with Crippen LogP contribution >= 0.6 is 0 Å². The molecule has 6 heteroatoms. The van der Waals surface area contributed by atoms with Crippen molar-refractivity contribution in [2.24, 2.45) is 0 Å². The van der Waals surface area contributed by atoms with E-state index in [4.69, 9.17) is 10.5 Å². The molecule has 17 heavy (non-hydrogen) atoms. The largest absolute Gasteiger partial charge is 0.382 e. The molecular formula is C11H17N5O. The van der Waals surface area contributed by atoms with Crippen LogP contribution in [0.4, 0.5) is 5.82 Å². The lowest BCUT2D eigenvalue weighted by atomic mass is 10.2. The molecule has 2 aromatic rings. The number of aromatic nitrogens is 4. The summed E-state index contributed by atoms with van der Waals surface area (Å²) < 4.78 is 7.57. The van der Waals surface area contributed by atoms with Crippen LogP contribution < -0.4 is 5.73 Å². The van der Waals surface area contributed by atoms with Crippen molar-refractivity contribution in [1.82, 2.24) is 19.5 Å². The Hall–Kier alpha value is -1.69. The van der Waals surface area contributed by atoms with E-state index in [0.29, 0.717) is 24.5 Å². The quantitative estimate of drug-likeness (QED) is 0.865. The van der Waals surface area contributed by atoms with E-state index in [1.807, 2.05) is 25.3 Å². The van der Waals surface area contributed by atoms with Crippen LogP contribution in [0, 0.1) is 0 Å². The molecule has 2 heterocycles. The van der Waals surface area contributed by atoms with Crippen LogP contribution in [0.15, 0.2) is 12.7 Å². The summed E-state index contributed by atoms with van der Waals surface area (Å²) in [5.41, 5.74) is 6.96. The van der Waals surface area contributed by atoms with Crippen LogP contribution in [0.5, 0.6) is 0 Å². The maximum absolute atomic E-state index is 5.71. The van der Waals surface area contributed by atoms with Gasteiger partial charge in [0.15, 0.2) is 11.5 Å². The Morgan fingerprint density at radius 1 is 1.29 bits per heavy atom. The fourth-order valence-electron chi connectivity index (χ4n) is 1.51. The molecule has 0 fully saturated rings. The topological polar surface area (TPSA) is 78.9 Å². The first-order valence-electron chi connectivity index (χ1n) is 5.52. The lowest BCUT2D eigenvalue weighted by Crippen LogP contribution is -2.21. The highest BCUT2D eigenvalue weighted by Crippen LogP contribution is 2.14. The number of imidazole rings is 1. The molecule has 0 radical (unpaired) electrons. The molecule has 0 saturated heterocycles. The number of nitrogen functional groups attached to an aromatic ring is 1. The summed E-state index contributed by atoms with van der Waals surface area (Å²) >= 11 is 0. The summed E-state index contributed by atoms with van der Waals surface area (Å²) in [6.45, 7) is 7.39. The van der Waals surface area contributed by atoms with Crippen molar-refractivity contribution in [2.45, 2.75) is 32.9 Å². The molecule has 6 nitrogen and oxygen atoms in total. The molecule has 0 aliphatic rings. The number of hydrogen-bond donors (Lipinski definition) is 1. The Kier molecular flexibility index (Phi) is 2.97. The molecule has 2 N–H and O–H groups in total. The van der Waals surface area contributed by atoms with Crippen LogP contribution in [0.1, 0.15) is 20.8 Å². The third-order valence-corrected chi connectivity index (χ3v) is 2.30. The number of nitrogens with zero attached hydrogens (tertiary/aromatic N) is 4. The van der Waals surface area contributed by atoms with Crippen LogP contribution in [-0.4, -0.2) is 31.7 Å². The standard InChI is InChI=1S/C11H17N5O/c1-11(2,3)17-5-4-16-7-15-8-9(12)13-6-14-10(8)16/h6-7H,4-5H2,1-3H3,(H2,12,13,14). The minimum atomic E-state index is -0.135. The van der Waals surface area contributed by atoms with E-state index in [0.717, 1.165) is 5.65 Å². The van der Waals surface area contributed by atoms with Crippen LogP contribution in [0.2, 0.25) is 0 Å². The highest BCUT2D eigenvalue weighted by Gasteiger charge is 2.11. The zero-order chi connectivity index (χ0) is 12.5. The summed E-state index contributed by atoms with van der Waals surface area (Å²) in [6.07, 6.45) is 3.15. The van der Waals surface area contributed by atoms with E-state index in [2.05, 4.69) is 15.0 Å². The summed E-state index contributed by atoms with van der Waals surface area (Å²) in [5.74, 6) is 0.408. The molecule has 2 aromatic heterocycles. The van der Waals surface area contributed by atoms with Gasteiger partial charge in [-0.15, -0.1) is 0 Å². The lowest BCUT2D eigenvalue weighted by molar-refractivity contribution is -0.00653. The molecule has 0 spiro atoms. The van der Waals surface area contributed by atoms with Gasteiger partial charge in [-0.3, -0.25) is 0 Å². The average Bonchev–Trinajstić information content (AvgIpc) is 2.61. The van der Waals surface area contributed by atoms with Gasteiger partial charge in [-0.05, 0) is 20.8 Å². The van der Waals surface area contributed by atoms with Crippen LogP contribution in [-0.2, 0) is 11.3 Å². The molecule has 0 aliphatic carbocycles. The van der Waals surface area contributed by atoms with Crippen molar-refractivity contribution >= 4 is 17.0 Å². The zero-order valence-corrected chi connectivity index (χ0v) is 10.3. The summed E-state index contributed by atoms with van der Waals surface area (Å²) in [7, 11) is 0. The number of fused-ring (bicyclic) bond motifs is 1. The fourth-order valence-corrected chi connectivity index (χ4v) is 1.51. The highest BCUT2D eigenvalue weighted by atomic mass is 16.5. The molecule has 0 atom stereocenters. The SMILES string of the molecule is CC(C)(C)OCCn1cnc2c(N)ncnc21. The zero-order valence-electron chi connectivity index (χ0n) is 10.3. The van der Waals surface area contributed by atoms with E-state index >= 15 is 0 Å². The Morgan fingerprint density at radius 2 is 2.06 bits per heavy atom. The summed E-state index contributed by atoms with van der Waals surface area (Å²) in [4.78, 5) is 12.3. The molecule has 0 aliphatic heterocycles. The van der Waals surface area contributed by atoms with Crippen molar-refractivity contribution in [2.75, 3.05) is 12.3 Å². The van der Waals surface area contributed by atoms with Gasteiger partial charge in [-0.2, -0.15) is 0 Å². The first-order valence-corrected chi connectivity index (χ1v) is 5.52. The van der Waals surface area contributed by atoms with Gasteiger partial charge in [0.2, 0.25) is 0 Å². The highest BCUT2D eigenvalue weighted by molar-refractivity contribution is 5.80. The molecular weight excluding hydrogens is 218 g/mol. The van der Waals surface area contributed by atoms with Gasteiger partial charge in [0, 0.05) is 6.54 Å². The number of rotatable bonds is 3. The van der Waals surface area contributed by atoms with Crippen molar-refractivity contribution in [1.29, 1.82) is 0 Å². The van der Waals surface area contributed by atoms with Crippen molar-refractivity contribution < 1.29 is 4.74 Å². The first-order chi connectivity index (χ1) is 7.97. The Labute approximate surface area is 99.8 Å². The minimum absolute atomic E-state index is 0.135. The van der Waals surface area contributed by atoms with Gasteiger partial charge in [0.05, 0.1) is 18.5 Å². The number of ether oxygens (including phenoxy) is 1. The molecule has 0 aromatic carbocycles. The summed E-state index contributed by atoms with van der Waals surface area (Å²) in [6, 6.07) is 0. The Balaban J connectivity index is 2.12. The summed E-state index contributed by atoms with van der Waals surface area (Å²) in [5, 5.41) is 0. The van der Waals surface area contributed by atoms with E-state index in [9.17, 15) is 0 Å². The second-order valence-corrected chi connectivity index (χ2v) is 4.83. The number of hydrogen-bond acceptors (Lipinski definition) is 5. The maximum atomic E-state index is 5.71. The Bertz CT molecular complexity index is 514. The molecule has 2 rings (SSSR count). The minimum Gasteiger partial charge on any atom is -0.382 e. The average molecular weight is 235 g/mol. The fraction of sp³-hybridized carbons (Fsp3) is 0.545. The molecule has 92 valence electrons. The van der Waals surface area contributed by atoms with Crippen molar-refractivity contribution in [3.05, 3.63) is 12.7 Å². The molecule has 0 amide bonds. The van der Waals surface area contributed by atoms with Gasteiger partial charge in [-0.1, -0.05) is 0 Å². The van der Waals surface area contributed by atoms with Gasteiger partial charge < -0.3 is 15.0 Å². The predicted molar refractivity (Wildman–Crippen MR) is 65.4 cm³/mol. The molecule has 0 bridgehead atoms. The van der Waals surface area contributed by atoms with Crippen molar-refractivity contribution in [3.8, 4) is 0 Å². The van der Waals surface area contributed by atoms with Gasteiger partial charge in [0.25, 0.3) is 0 Å². The molecule has 0 unspecified atom stereocenters. The van der Waals surface area contributed by atoms with E-state index in [1.165, 1.54) is 6.33 Å². The monoisotopic (exact) mass is 235 g/mol. The number of anilines is 1. The van der Waals surface area contributed by atoms with Gasteiger partial charge >= 0.3 is 0 Å². The van der Waals surface area contributed by atoms with Crippen LogP contribution in [0.25, 0.3) is 11.2 Å². The van der Waals surface area contributed by atoms with E-state index < -0.39 is 0 Å². The first kappa shape index (κ1) is 11.8. The smallest absolute Gasteiger partial charge is 0.165 e. The van der Waals surface area contributed by atoms with E-state index in [1.54, 1.807) is 6.33 Å². The van der Waals surface area contributed by atoms with Gasteiger partial charge in [0.1, 0.15) is 11.8 Å². The van der Waals surface area contributed by atoms with Crippen molar-refractivity contribution in [3.63, 3.8) is 0 Å². The van der Waals surface area contributed by atoms with Crippen LogP contribution in [0.3, 0.4) is 0 Å². The maximum Gasteiger partial charge on any atom is 0.165 e.